The Balaban J connectivity index is 0. The van der Waals surface area contributed by atoms with E-state index in [1.54, 1.807) is 6.92 Å². The lowest BCUT2D eigenvalue weighted by Gasteiger charge is -1.89. The molecule has 2 N–H and O–H groups in total. The molecule has 1 saturated carbocycles. The van der Waals surface area contributed by atoms with Gasteiger partial charge < -0.3 is 5.73 Å². The van der Waals surface area contributed by atoms with Crippen LogP contribution in [0.5, 0.6) is 0 Å². The number of allylic oxidation sites excluding steroid dienone is 1. The van der Waals surface area contributed by atoms with Crippen LogP contribution in [0.3, 0.4) is 0 Å². The minimum Gasteiger partial charge on any atom is -0.402 e. The van der Waals surface area contributed by atoms with Gasteiger partial charge in [-0.1, -0.05) is 19.8 Å². The molecule has 0 saturated heterocycles. The third-order valence-corrected chi connectivity index (χ3v) is 1.94. The Morgan fingerprint density at radius 1 is 1.38 bits per heavy atom. The second kappa shape index (κ2) is 11.8. The van der Waals surface area contributed by atoms with E-state index < -0.39 is 5.83 Å². The quantitative estimate of drug-likeness (QED) is 0.540. The summed E-state index contributed by atoms with van der Waals surface area (Å²) in [4.78, 5) is 3.55. The maximum atomic E-state index is 12.1. The number of hydrogen-bond acceptors (Lipinski definition) is 2. The molecule has 0 aromatic carbocycles. The van der Waals surface area contributed by atoms with Gasteiger partial charge in [-0.25, -0.2) is 4.39 Å². The number of hydrogen-bond donors (Lipinski definition) is 1. The van der Waals surface area contributed by atoms with Gasteiger partial charge in [0, 0.05) is 13.2 Å². The first-order chi connectivity index (χ1) is 7.53. The maximum absolute atomic E-state index is 12.1. The van der Waals surface area contributed by atoms with Gasteiger partial charge in [-0.15, -0.1) is 11.8 Å². The molecular weight excluding hydrogens is 203 g/mol. The molecule has 0 spiro atoms. The van der Waals surface area contributed by atoms with E-state index >= 15 is 0 Å². The SMILES string of the molecule is CC#CC.CC1CC1.CN=C(C)/C(F)=C\N. The van der Waals surface area contributed by atoms with Gasteiger partial charge in [-0.3, -0.25) is 4.99 Å². The molecule has 1 aliphatic carbocycles. The number of nitrogens with two attached hydrogens (primary N) is 1. The van der Waals surface area contributed by atoms with Crippen LogP contribution in [0.15, 0.2) is 17.0 Å². The Kier molecular flexibility index (Phi) is 12.6. The van der Waals surface area contributed by atoms with Crippen LogP contribution in [0.25, 0.3) is 0 Å². The lowest BCUT2D eigenvalue weighted by atomic mass is 10.4. The van der Waals surface area contributed by atoms with Crippen LogP contribution >= 0.6 is 0 Å². The summed E-state index contributed by atoms with van der Waals surface area (Å²) in [5.41, 5.74) is 5.16. The second-order valence-electron chi connectivity index (χ2n) is 3.51. The van der Waals surface area contributed by atoms with E-state index in [9.17, 15) is 4.39 Å². The Labute approximate surface area is 98.8 Å². The van der Waals surface area contributed by atoms with Crippen LogP contribution < -0.4 is 5.73 Å². The molecule has 92 valence electrons. The lowest BCUT2D eigenvalue weighted by molar-refractivity contribution is 0.676. The summed E-state index contributed by atoms with van der Waals surface area (Å²) in [7, 11) is 1.51. The lowest BCUT2D eigenvalue weighted by Crippen LogP contribution is -1.94. The van der Waals surface area contributed by atoms with Crippen molar-refractivity contribution in [1.82, 2.24) is 0 Å². The van der Waals surface area contributed by atoms with Crippen molar-refractivity contribution in [1.29, 1.82) is 0 Å². The fraction of sp³-hybridized carbons (Fsp3) is 0.615. The van der Waals surface area contributed by atoms with E-state index in [0.29, 0.717) is 5.71 Å². The average Bonchev–Trinajstić information content (AvgIpc) is 3.10. The zero-order valence-corrected chi connectivity index (χ0v) is 11.0. The Morgan fingerprint density at radius 2 is 1.75 bits per heavy atom. The summed E-state index contributed by atoms with van der Waals surface area (Å²) in [5, 5.41) is 0. The molecule has 0 aliphatic heterocycles. The topological polar surface area (TPSA) is 38.4 Å². The minimum atomic E-state index is -0.465. The van der Waals surface area contributed by atoms with Crippen molar-refractivity contribution in [2.45, 2.75) is 40.5 Å². The highest BCUT2D eigenvalue weighted by atomic mass is 19.1. The van der Waals surface area contributed by atoms with Crippen molar-refractivity contribution in [3.05, 3.63) is 12.0 Å². The van der Waals surface area contributed by atoms with E-state index in [2.05, 4.69) is 23.8 Å². The smallest absolute Gasteiger partial charge is 0.159 e. The summed E-state index contributed by atoms with van der Waals surface area (Å²) < 4.78 is 12.1. The van der Waals surface area contributed by atoms with E-state index in [0.717, 1.165) is 12.1 Å². The van der Waals surface area contributed by atoms with E-state index in [1.165, 1.54) is 19.9 Å². The van der Waals surface area contributed by atoms with Crippen LogP contribution in [0.4, 0.5) is 4.39 Å². The molecule has 1 rings (SSSR count). The molecule has 0 aromatic rings. The summed E-state index contributed by atoms with van der Waals surface area (Å²) in [5.74, 6) is 5.98. The number of halogens is 1. The molecule has 0 aromatic heterocycles. The van der Waals surface area contributed by atoms with Gasteiger partial charge >= 0.3 is 0 Å². The molecule has 16 heavy (non-hydrogen) atoms. The summed E-state index contributed by atoms with van der Waals surface area (Å²) in [6, 6.07) is 0. The van der Waals surface area contributed by atoms with Gasteiger partial charge in [0.1, 0.15) is 0 Å². The highest BCUT2D eigenvalue weighted by Gasteiger charge is 2.12. The van der Waals surface area contributed by atoms with Crippen LogP contribution in [-0.2, 0) is 0 Å². The van der Waals surface area contributed by atoms with Crippen molar-refractivity contribution in [3.8, 4) is 11.8 Å². The molecule has 0 amide bonds. The van der Waals surface area contributed by atoms with Crippen molar-refractivity contribution in [2.24, 2.45) is 16.6 Å². The molecule has 1 aliphatic rings. The van der Waals surface area contributed by atoms with Crippen molar-refractivity contribution >= 4 is 5.71 Å². The molecule has 2 nitrogen and oxygen atoms in total. The summed E-state index contributed by atoms with van der Waals surface area (Å²) in [6.07, 6.45) is 3.86. The van der Waals surface area contributed by atoms with Gasteiger partial charge in [-0.2, -0.15) is 0 Å². The van der Waals surface area contributed by atoms with E-state index in [4.69, 9.17) is 5.73 Å². The van der Waals surface area contributed by atoms with Gasteiger partial charge in [-0.05, 0) is 26.7 Å². The zero-order chi connectivity index (χ0) is 13.0. The Morgan fingerprint density at radius 3 is 1.81 bits per heavy atom. The van der Waals surface area contributed by atoms with Crippen molar-refractivity contribution in [2.75, 3.05) is 7.05 Å². The van der Waals surface area contributed by atoms with Gasteiger partial charge in [0.25, 0.3) is 0 Å². The molecule has 0 bridgehead atoms. The standard InChI is InChI=1S/C5H9FN2.C4H8.C4H6/c1-4(8-2)5(6)3-7;1-4-2-3-4;1-3-4-2/h3H,7H2,1-2H3;4H,2-3H2,1H3;1-2H3/b5-3+,8-4?;;. The predicted octanol–water partition coefficient (Wildman–Crippen LogP) is 3.29. The highest BCUT2D eigenvalue weighted by molar-refractivity contribution is 5.95. The van der Waals surface area contributed by atoms with Crippen LogP contribution in [0.1, 0.15) is 40.5 Å². The van der Waals surface area contributed by atoms with Gasteiger partial charge in [0.15, 0.2) is 5.83 Å². The molecule has 0 unspecified atom stereocenters. The van der Waals surface area contributed by atoms with Crippen molar-refractivity contribution in [3.63, 3.8) is 0 Å². The fourth-order valence-electron chi connectivity index (χ4n) is 0.394. The van der Waals surface area contributed by atoms with Crippen LogP contribution in [0.2, 0.25) is 0 Å². The first kappa shape index (κ1) is 17.1. The maximum Gasteiger partial charge on any atom is 0.159 e. The number of nitrogens with zero attached hydrogens (tertiary/aromatic N) is 1. The van der Waals surface area contributed by atoms with Crippen molar-refractivity contribution < 1.29 is 4.39 Å². The highest BCUT2D eigenvalue weighted by Crippen LogP contribution is 2.26. The average molecular weight is 226 g/mol. The molecule has 0 heterocycles. The van der Waals surface area contributed by atoms with Gasteiger partial charge in [0.2, 0.25) is 0 Å². The molecular formula is C13H23FN2. The molecule has 1 fully saturated rings. The van der Waals surface area contributed by atoms with Gasteiger partial charge in [0.05, 0.1) is 5.71 Å². The summed E-state index contributed by atoms with van der Waals surface area (Å²) in [6.45, 7) is 7.47. The zero-order valence-electron chi connectivity index (χ0n) is 11.0. The predicted molar refractivity (Wildman–Crippen MR) is 69.9 cm³/mol. The first-order valence-corrected chi connectivity index (χ1v) is 5.38. The third kappa shape index (κ3) is 15.2. The minimum absolute atomic E-state index is 0.326. The first-order valence-electron chi connectivity index (χ1n) is 5.38. The second-order valence-corrected chi connectivity index (χ2v) is 3.51. The normalized spacial score (nSPS) is 14.6. The van der Waals surface area contributed by atoms with E-state index in [1.807, 2.05) is 13.8 Å². The molecule has 3 heteroatoms. The third-order valence-electron chi connectivity index (χ3n) is 1.94. The molecule has 0 radical (unpaired) electrons. The number of rotatable bonds is 1. The Bertz CT molecular complexity index is 256. The molecule has 0 atom stereocenters. The number of aliphatic imine (C=N–C) groups is 1. The summed E-state index contributed by atoms with van der Waals surface area (Å²) >= 11 is 0. The monoisotopic (exact) mass is 226 g/mol. The van der Waals surface area contributed by atoms with E-state index in [-0.39, 0.29) is 0 Å². The largest absolute Gasteiger partial charge is 0.402 e. The Hall–Kier alpha value is -1.30. The van der Waals surface area contributed by atoms with Crippen LogP contribution in [0, 0.1) is 17.8 Å². The van der Waals surface area contributed by atoms with Crippen LogP contribution in [-0.4, -0.2) is 12.8 Å². The fourth-order valence-corrected chi connectivity index (χ4v) is 0.394.